The van der Waals surface area contributed by atoms with Crippen LogP contribution in [0, 0.1) is 36.5 Å². The van der Waals surface area contributed by atoms with E-state index < -0.39 is 0 Å². The van der Waals surface area contributed by atoms with Gasteiger partial charge in [0.2, 0.25) is 0 Å². The number of thiophene rings is 2. The van der Waals surface area contributed by atoms with Crippen LogP contribution >= 0.6 is 22.7 Å². The van der Waals surface area contributed by atoms with Crippen LogP contribution in [0.3, 0.4) is 0 Å². The Kier molecular flexibility index (Phi) is 8.77. The van der Waals surface area contributed by atoms with Crippen LogP contribution in [0.4, 0.5) is 0 Å². The van der Waals surface area contributed by atoms with E-state index in [-0.39, 0.29) is 0 Å². The van der Waals surface area contributed by atoms with Crippen LogP contribution in [0.2, 0.25) is 0 Å². The first kappa shape index (κ1) is 43.3. The number of rotatable bonds is 4. The highest BCUT2D eigenvalue weighted by molar-refractivity contribution is 7.27. The van der Waals surface area contributed by atoms with Crippen molar-refractivity contribution in [3.63, 3.8) is 0 Å². The van der Waals surface area contributed by atoms with Gasteiger partial charge in [-0.1, -0.05) is 157 Å². The van der Waals surface area contributed by atoms with E-state index in [0.29, 0.717) is 28.2 Å². The van der Waals surface area contributed by atoms with Gasteiger partial charge in [0.25, 0.3) is 0 Å². The quantitative estimate of drug-likeness (QED) is 0.176. The Hall–Kier alpha value is -9.96. The summed E-state index contributed by atoms with van der Waals surface area (Å²) in [6.07, 6.45) is 0. The standard InChI is InChI=1S/C70H40N6S2/c1-39-27-33-59-51(35-39)47-29-31-49-45-19-7-13-25-61(45)77-69(49)66(47)75(59)63-53(37-71)64(73-55-21-9-3-15-41(55)42-16-4-10-22-56(42)73)68(65(54(63)38-72)74-57-23-11-5-17-43(57)44-18-6-12-24-58(44)74)76-60-34-28-40(2)36-52(60)48-30-32-50-46-20-8-14-26-62(46)78-70(50)67(48)76/h3-36H,1-2H3. The molecule has 0 amide bonds. The third kappa shape index (κ3) is 5.57. The Morgan fingerprint density at radius 3 is 1.03 bits per heavy atom. The van der Waals surface area contributed by atoms with Crippen molar-refractivity contribution in [1.29, 1.82) is 10.5 Å². The smallest absolute Gasteiger partial charge is 0.104 e. The largest absolute Gasteiger partial charge is 0.306 e. The number of fused-ring (bicyclic) bond motifs is 20. The summed E-state index contributed by atoms with van der Waals surface area (Å²) in [4.78, 5) is 0. The normalized spacial score (nSPS) is 12.2. The van der Waals surface area contributed by atoms with Gasteiger partial charge in [-0.3, -0.25) is 0 Å². The molecule has 6 aromatic heterocycles. The second kappa shape index (κ2) is 15.8. The number of benzene rings is 11. The summed E-state index contributed by atoms with van der Waals surface area (Å²) in [5.41, 5.74) is 13.4. The zero-order valence-electron chi connectivity index (χ0n) is 42.1. The lowest BCUT2D eigenvalue weighted by molar-refractivity contribution is 1.02. The van der Waals surface area contributed by atoms with Gasteiger partial charge >= 0.3 is 0 Å². The number of nitrogens with zero attached hydrogens (tertiary/aromatic N) is 6. The van der Waals surface area contributed by atoms with Crippen molar-refractivity contribution in [1.82, 2.24) is 18.3 Å². The first-order chi connectivity index (χ1) is 38.5. The van der Waals surface area contributed by atoms with Gasteiger partial charge in [0.15, 0.2) is 0 Å². The summed E-state index contributed by atoms with van der Waals surface area (Å²) >= 11 is 3.56. The van der Waals surface area contributed by atoms with Crippen LogP contribution in [0.5, 0.6) is 0 Å². The fourth-order valence-electron chi connectivity index (χ4n) is 13.4. The SMILES string of the molecule is Cc1ccc2c(c1)c1ccc3c4ccccc4sc3c1n2-c1c(C#N)c(-n2c3ccccc3c3ccccc32)c(-n2c3ccc(C)cc3c3ccc4c5ccccc5sc4c32)c(-n2c3ccccc3c3ccccc32)c1C#N. The predicted octanol–water partition coefficient (Wildman–Crippen LogP) is 19.2. The first-order valence-electron chi connectivity index (χ1n) is 26.2. The van der Waals surface area contributed by atoms with Crippen LogP contribution < -0.4 is 0 Å². The molecule has 0 saturated heterocycles. The van der Waals surface area contributed by atoms with E-state index in [9.17, 15) is 10.5 Å². The number of aryl methyl sites for hydroxylation is 2. The molecule has 8 heteroatoms. The molecule has 17 rings (SSSR count). The predicted molar refractivity (Wildman–Crippen MR) is 328 cm³/mol. The molecule has 6 nitrogen and oxygen atoms in total. The lowest BCUT2D eigenvalue weighted by Crippen LogP contribution is -2.17. The van der Waals surface area contributed by atoms with Gasteiger partial charge < -0.3 is 18.3 Å². The van der Waals surface area contributed by atoms with Crippen molar-refractivity contribution in [2.24, 2.45) is 0 Å². The van der Waals surface area contributed by atoms with Gasteiger partial charge in [-0.05, 0) is 74.5 Å². The summed E-state index contributed by atoms with van der Waals surface area (Å²) in [6.45, 7) is 4.29. The first-order valence-corrected chi connectivity index (χ1v) is 27.8. The Morgan fingerprint density at radius 2 is 0.628 bits per heavy atom. The second-order valence-electron chi connectivity index (χ2n) is 20.7. The monoisotopic (exact) mass is 1030 g/mol. The lowest BCUT2D eigenvalue weighted by Gasteiger charge is -2.27. The van der Waals surface area contributed by atoms with Gasteiger partial charge in [0.05, 0.1) is 76.3 Å². The highest BCUT2D eigenvalue weighted by atomic mass is 32.1. The fraction of sp³-hybridized carbons (Fsp3) is 0.0286. The Bertz CT molecular complexity index is 5380. The van der Waals surface area contributed by atoms with E-state index in [1.54, 1.807) is 22.7 Å². The van der Waals surface area contributed by atoms with Gasteiger partial charge in [0.1, 0.15) is 23.3 Å². The highest BCUT2D eigenvalue weighted by Crippen LogP contribution is 2.52. The molecule has 0 saturated carbocycles. The Labute approximate surface area is 453 Å². The van der Waals surface area contributed by atoms with Crippen molar-refractivity contribution in [2.75, 3.05) is 0 Å². The van der Waals surface area contributed by atoms with Crippen LogP contribution in [0.25, 0.3) is 150 Å². The third-order valence-corrected chi connectivity index (χ3v) is 18.9. The van der Waals surface area contributed by atoms with Crippen LogP contribution in [-0.4, -0.2) is 18.3 Å². The molecule has 0 fully saturated rings. The highest BCUT2D eigenvalue weighted by Gasteiger charge is 2.35. The van der Waals surface area contributed by atoms with E-state index >= 15 is 0 Å². The van der Waals surface area contributed by atoms with Crippen LogP contribution in [0.1, 0.15) is 22.3 Å². The maximum absolute atomic E-state index is 12.8. The molecule has 78 heavy (non-hydrogen) atoms. The maximum Gasteiger partial charge on any atom is 0.104 e. The van der Waals surface area contributed by atoms with E-state index in [1.807, 2.05) is 0 Å². The second-order valence-corrected chi connectivity index (χ2v) is 22.8. The molecule has 0 N–H and O–H groups in total. The third-order valence-electron chi connectivity index (χ3n) is 16.5. The van der Waals surface area contributed by atoms with Crippen molar-refractivity contribution < 1.29 is 0 Å². The molecule has 362 valence electrons. The van der Waals surface area contributed by atoms with Gasteiger partial charge in [0, 0.05) is 74.0 Å². The number of nitriles is 2. The summed E-state index contributed by atoms with van der Waals surface area (Å²) in [6, 6.07) is 79.9. The molecular formula is C70H40N6S2. The molecular weight excluding hydrogens is 989 g/mol. The van der Waals surface area contributed by atoms with E-state index in [0.717, 1.165) is 124 Å². The van der Waals surface area contributed by atoms with Crippen molar-refractivity contribution >= 4 is 150 Å². The summed E-state index contributed by atoms with van der Waals surface area (Å²) in [7, 11) is 0. The average Bonchev–Trinajstić information content (AvgIpc) is 4.46. The molecule has 0 aliphatic rings. The van der Waals surface area contributed by atoms with E-state index in [2.05, 4.69) is 251 Å². The van der Waals surface area contributed by atoms with E-state index in [4.69, 9.17) is 0 Å². The van der Waals surface area contributed by atoms with Crippen molar-refractivity contribution in [3.05, 3.63) is 229 Å². The summed E-state index contributed by atoms with van der Waals surface area (Å²) < 4.78 is 14.0. The Balaban J connectivity index is 1.22. The minimum Gasteiger partial charge on any atom is -0.306 e. The molecule has 11 aromatic carbocycles. The molecule has 0 radical (unpaired) electrons. The van der Waals surface area contributed by atoms with Gasteiger partial charge in [-0.2, -0.15) is 10.5 Å². The van der Waals surface area contributed by atoms with Gasteiger partial charge in [-0.25, -0.2) is 0 Å². The maximum atomic E-state index is 12.8. The minimum atomic E-state index is 0.390. The number of hydrogen-bond acceptors (Lipinski definition) is 4. The molecule has 0 aliphatic carbocycles. The zero-order valence-corrected chi connectivity index (χ0v) is 43.8. The molecule has 0 bridgehead atoms. The molecule has 0 atom stereocenters. The van der Waals surface area contributed by atoms with Gasteiger partial charge in [-0.15, -0.1) is 22.7 Å². The Morgan fingerprint density at radius 1 is 0.295 bits per heavy atom. The molecule has 17 aromatic rings. The minimum absolute atomic E-state index is 0.390. The van der Waals surface area contributed by atoms with E-state index in [1.165, 1.54) is 20.2 Å². The average molecular weight is 1030 g/mol. The van der Waals surface area contributed by atoms with Crippen LogP contribution in [0.15, 0.2) is 206 Å². The number of para-hydroxylation sites is 4. The number of hydrogen-bond donors (Lipinski definition) is 0. The zero-order chi connectivity index (χ0) is 51.7. The van der Waals surface area contributed by atoms with Crippen LogP contribution in [-0.2, 0) is 0 Å². The summed E-state index contributed by atoms with van der Waals surface area (Å²) in [5.74, 6) is 0. The topological polar surface area (TPSA) is 67.3 Å². The summed E-state index contributed by atoms with van der Waals surface area (Å²) in [5, 5.41) is 38.8. The van der Waals surface area contributed by atoms with Crippen molar-refractivity contribution in [2.45, 2.75) is 13.8 Å². The molecule has 0 unspecified atom stereocenters. The number of aromatic nitrogens is 4. The molecule has 0 aliphatic heterocycles. The van der Waals surface area contributed by atoms with Crippen molar-refractivity contribution in [3.8, 4) is 34.9 Å². The lowest BCUT2D eigenvalue weighted by atomic mass is 9.98. The molecule has 0 spiro atoms. The fourth-order valence-corrected chi connectivity index (χ4v) is 15.8. The molecule has 6 heterocycles.